The third-order valence-corrected chi connectivity index (χ3v) is 7.49. The number of hydrogen-bond donors (Lipinski definition) is 2. The Morgan fingerprint density at radius 3 is 2.87 bits per heavy atom. The van der Waals surface area contributed by atoms with Gasteiger partial charge in [0.05, 0.1) is 5.75 Å². The highest BCUT2D eigenvalue weighted by Crippen LogP contribution is 2.25. The van der Waals surface area contributed by atoms with Crippen LogP contribution in [-0.4, -0.2) is 32.7 Å². The van der Waals surface area contributed by atoms with Gasteiger partial charge in [-0.25, -0.2) is 4.98 Å². The Kier molecular flexibility index (Phi) is 7.27. The van der Waals surface area contributed by atoms with Crippen molar-refractivity contribution in [1.29, 1.82) is 0 Å². The molecule has 0 radical (unpaired) electrons. The smallest absolute Gasteiger partial charge is 0.271 e. The first-order chi connectivity index (χ1) is 15.0. The van der Waals surface area contributed by atoms with Crippen LogP contribution in [0.4, 0.5) is 0 Å². The van der Waals surface area contributed by atoms with Crippen LogP contribution in [0.15, 0.2) is 45.9 Å². The van der Waals surface area contributed by atoms with Crippen molar-refractivity contribution in [1.82, 2.24) is 19.9 Å². The van der Waals surface area contributed by atoms with Gasteiger partial charge in [0.1, 0.15) is 4.70 Å². The molecule has 3 aromatic rings. The van der Waals surface area contributed by atoms with Gasteiger partial charge in [-0.15, -0.1) is 0 Å². The highest BCUT2D eigenvalue weighted by Gasteiger charge is 2.15. The van der Waals surface area contributed by atoms with Crippen molar-refractivity contribution in [2.75, 3.05) is 12.3 Å². The first-order valence-corrected chi connectivity index (χ1v) is 12.6. The molecule has 1 aliphatic rings. The first kappa shape index (κ1) is 22.3. The molecule has 0 saturated carbocycles. The van der Waals surface area contributed by atoms with E-state index in [1.165, 1.54) is 41.5 Å². The van der Waals surface area contributed by atoms with Crippen LogP contribution in [0.25, 0.3) is 16.0 Å². The number of carbonyl (C=O) groups is 1. The topological polar surface area (TPSA) is 79.8 Å². The zero-order valence-electron chi connectivity index (χ0n) is 16.7. The molecule has 0 fully saturated rings. The molecule has 0 spiro atoms. The molecule has 0 aliphatic heterocycles. The Morgan fingerprint density at radius 1 is 1.32 bits per heavy atom. The van der Waals surface area contributed by atoms with Gasteiger partial charge >= 0.3 is 0 Å². The molecule has 6 nitrogen and oxygen atoms in total. The van der Waals surface area contributed by atoms with Crippen LogP contribution >= 0.6 is 46.9 Å². The maximum atomic E-state index is 12.6. The van der Waals surface area contributed by atoms with Crippen LogP contribution in [0.3, 0.4) is 0 Å². The van der Waals surface area contributed by atoms with Crippen molar-refractivity contribution < 1.29 is 4.79 Å². The summed E-state index contributed by atoms with van der Waals surface area (Å²) in [6.45, 7) is 0.634. The Balaban J connectivity index is 1.45. The Morgan fingerprint density at radius 2 is 2.13 bits per heavy atom. The standard InChI is InChI=1S/C21H21ClN4O2S3/c22-14-6-8-15(9-7-14)26-18-17(31-21(26)29)19(28)25-20(24-18)30-12-16(27)23-11-10-13-4-2-1-3-5-13/h4,6-9H,1-3,5,10-12H2,(H,23,27)(H,24,25,28). The van der Waals surface area contributed by atoms with E-state index in [-0.39, 0.29) is 17.2 Å². The fourth-order valence-electron chi connectivity index (χ4n) is 3.46. The van der Waals surface area contributed by atoms with E-state index in [4.69, 9.17) is 23.8 Å². The highest BCUT2D eigenvalue weighted by atomic mass is 35.5. The molecule has 1 amide bonds. The van der Waals surface area contributed by atoms with Crippen molar-refractivity contribution in [3.05, 3.63) is 55.2 Å². The number of H-pyrrole nitrogens is 1. The van der Waals surface area contributed by atoms with E-state index in [9.17, 15) is 9.59 Å². The number of fused-ring (bicyclic) bond motifs is 1. The predicted molar refractivity (Wildman–Crippen MR) is 130 cm³/mol. The summed E-state index contributed by atoms with van der Waals surface area (Å²) in [5.74, 6) is 0.100. The van der Waals surface area contributed by atoms with Crippen molar-refractivity contribution >= 4 is 63.2 Å². The maximum Gasteiger partial charge on any atom is 0.271 e. The summed E-state index contributed by atoms with van der Waals surface area (Å²) < 4.78 is 2.73. The van der Waals surface area contributed by atoms with Gasteiger partial charge in [-0.2, -0.15) is 0 Å². The molecule has 10 heteroatoms. The van der Waals surface area contributed by atoms with E-state index in [0.717, 1.165) is 24.9 Å². The summed E-state index contributed by atoms with van der Waals surface area (Å²) in [5.41, 5.74) is 2.43. The van der Waals surface area contributed by atoms with Gasteiger partial charge in [0.15, 0.2) is 14.8 Å². The molecule has 4 rings (SSSR count). The molecule has 1 aliphatic carbocycles. The van der Waals surface area contributed by atoms with Crippen LogP contribution in [0.5, 0.6) is 0 Å². The van der Waals surface area contributed by atoms with Gasteiger partial charge in [-0.3, -0.25) is 14.2 Å². The minimum absolute atomic E-state index is 0.0796. The average Bonchev–Trinajstić information content (AvgIpc) is 3.10. The summed E-state index contributed by atoms with van der Waals surface area (Å²) in [6.07, 6.45) is 7.96. The fraction of sp³-hybridized carbons (Fsp3) is 0.333. The van der Waals surface area contributed by atoms with Crippen LogP contribution in [-0.2, 0) is 4.79 Å². The van der Waals surface area contributed by atoms with E-state index in [2.05, 4.69) is 21.4 Å². The Hall–Kier alpha value is -1.94. The van der Waals surface area contributed by atoms with Gasteiger partial charge in [0, 0.05) is 17.3 Å². The minimum Gasteiger partial charge on any atom is -0.355 e. The normalized spacial score (nSPS) is 13.9. The summed E-state index contributed by atoms with van der Waals surface area (Å²) in [4.78, 5) is 32.1. The molecule has 0 saturated heterocycles. The molecular formula is C21H21ClN4O2S3. The van der Waals surface area contributed by atoms with Gasteiger partial charge in [0.2, 0.25) is 5.91 Å². The summed E-state index contributed by atoms with van der Waals surface area (Å²) in [7, 11) is 0. The number of rotatable bonds is 7. The lowest BCUT2D eigenvalue weighted by Crippen LogP contribution is -2.26. The number of allylic oxidation sites excluding steroid dienone is 1. The van der Waals surface area contributed by atoms with Crippen LogP contribution in [0.1, 0.15) is 32.1 Å². The lowest BCUT2D eigenvalue weighted by atomic mass is 9.97. The molecule has 0 atom stereocenters. The monoisotopic (exact) mass is 492 g/mol. The van der Waals surface area contributed by atoms with E-state index in [1.807, 2.05) is 12.1 Å². The largest absolute Gasteiger partial charge is 0.355 e. The molecule has 2 N–H and O–H groups in total. The van der Waals surface area contributed by atoms with Crippen molar-refractivity contribution in [2.45, 2.75) is 37.3 Å². The molecule has 0 bridgehead atoms. The third kappa shape index (κ3) is 5.46. The maximum absolute atomic E-state index is 12.6. The number of thiazole rings is 1. The second-order valence-electron chi connectivity index (χ2n) is 7.20. The first-order valence-electron chi connectivity index (χ1n) is 10.0. The van der Waals surface area contributed by atoms with Crippen LogP contribution < -0.4 is 10.9 Å². The second-order valence-corrected chi connectivity index (χ2v) is 10.2. The number of amides is 1. The van der Waals surface area contributed by atoms with Gasteiger partial charge in [-0.05, 0) is 68.6 Å². The number of aromatic nitrogens is 3. The lowest BCUT2D eigenvalue weighted by Gasteiger charge is -2.12. The summed E-state index contributed by atoms with van der Waals surface area (Å²) in [6, 6.07) is 7.18. The number of thioether (sulfide) groups is 1. The Labute approximate surface area is 197 Å². The quantitative estimate of drug-likeness (QED) is 0.203. The Bertz CT molecular complexity index is 1240. The van der Waals surface area contributed by atoms with Crippen LogP contribution in [0.2, 0.25) is 5.02 Å². The summed E-state index contributed by atoms with van der Waals surface area (Å²) >= 11 is 13.9. The fourth-order valence-corrected chi connectivity index (χ4v) is 5.54. The average molecular weight is 493 g/mol. The van der Waals surface area contributed by atoms with Crippen LogP contribution in [0, 0.1) is 3.95 Å². The number of hydrogen-bond acceptors (Lipinski definition) is 6. The molecule has 2 aromatic heterocycles. The van der Waals surface area contributed by atoms with Gasteiger partial charge in [0.25, 0.3) is 5.56 Å². The lowest BCUT2D eigenvalue weighted by molar-refractivity contribution is -0.118. The van der Waals surface area contributed by atoms with Crippen molar-refractivity contribution in [3.63, 3.8) is 0 Å². The molecule has 1 aromatic carbocycles. The SMILES string of the molecule is O=C(CSc1nc2c(sc(=S)n2-c2ccc(Cl)cc2)c(=O)[nH]1)NCCC1=CCCCC1. The molecule has 31 heavy (non-hydrogen) atoms. The predicted octanol–water partition coefficient (Wildman–Crippen LogP) is 5.26. The molecule has 0 unspecified atom stereocenters. The molecular weight excluding hydrogens is 472 g/mol. The number of aromatic amines is 1. The molecule has 2 heterocycles. The highest BCUT2D eigenvalue weighted by molar-refractivity contribution is 7.99. The van der Waals surface area contributed by atoms with E-state index >= 15 is 0 Å². The van der Waals surface area contributed by atoms with E-state index < -0.39 is 0 Å². The molecule has 162 valence electrons. The number of nitrogens with one attached hydrogen (secondary N) is 2. The van der Waals surface area contributed by atoms with Gasteiger partial charge < -0.3 is 10.3 Å². The second kappa shape index (κ2) is 10.1. The zero-order valence-corrected chi connectivity index (χ0v) is 19.9. The van der Waals surface area contributed by atoms with Gasteiger partial charge in [-0.1, -0.05) is 46.3 Å². The minimum atomic E-state index is -0.263. The van der Waals surface area contributed by atoms with E-state index in [0.29, 0.717) is 31.0 Å². The zero-order chi connectivity index (χ0) is 21.8. The number of carbonyl (C=O) groups excluding carboxylic acids is 1. The number of nitrogens with zero attached hydrogens (tertiary/aromatic N) is 2. The third-order valence-electron chi connectivity index (χ3n) is 5.00. The number of benzene rings is 1. The van der Waals surface area contributed by atoms with Crippen molar-refractivity contribution in [2.24, 2.45) is 0 Å². The van der Waals surface area contributed by atoms with E-state index in [1.54, 1.807) is 16.7 Å². The summed E-state index contributed by atoms with van der Waals surface area (Å²) in [5, 5.41) is 3.95. The number of halogens is 1. The van der Waals surface area contributed by atoms with Crippen molar-refractivity contribution in [3.8, 4) is 5.69 Å².